The van der Waals surface area contributed by atoms with Crippen LogP contribution in [0, 0.1) is 10.1 Å². The van der Waals surface area contributed by atoms with Gasteiger partial charge in [0.25, 0.3) is 0 Å². The minimum absolute atomic E-state index is 0.00867. The van der Waals surface area contributed by atoms with Crippen molar-refractivity contribution in [2.24, 2.45) is 0 Å². The number of carbonyl (C=O) groups excluding carboxylic acids is 1. The number of rotatable bonds is 9. The fourth-order valence-corrected chi connectivity index (χ4v) is 1.72. The molecule has 0 saturated carbocycles. The molecule has 0 aliphatic rings. The zero-order valence-corrected chi connectivity index (χ0v) is 11.7. The monoisotopic (exact) mass is 298 g/mol. The van der Waals surface area contributed by atoms with Crippen molar-refractivity contribution in [1.82, 2.24) is 15.1 Å². The molecule has 1 aromatic rings. The van der Waals surface area contributed by atoms with Gasteiger partial charge in [-0.3, -0.25) is 19.6 Å². The molecule has 0 spiro atoms. The van der Waals surface area contributed by atoms with Crippen LogP contribution in [-0.4, -0.2) is 37.7 Å². The molecule has 9 nitrogen and oxygen atoms in total. The van der Waals surface area contributed by atoms with Crippen LogP contribution in [0.1, 0.15) is 32.6 Å². The number of amides is 1. The fraction of sp³-hybridized carbons (Fsp3) is 0.583. The average Bonchev–Trinajstić information content (AvgIpc) is 2.90. The second kappa shape index (κ2) is 7.98. The molecule has 0 saturated heterocycles. The molecule has 1 atom stereocenters. The Bertz CT molecular complexity index is 514. The third-order valence-electron chi connectivity index (χ3n) is 2.88. The second-order valence-corrected chi connectivity index (χ2v) is 4.57. The van der Waals surface area contributed by atoms with E-state index in [1.54, 1.807) is 0 Å². The molecule has 116 valence electrons. The molecular formula is C12H18N4O5. The first-order valence-corrected chi connectivity index (χ1v) is 6.63. The van der Waals surface area contributed by atoms with Crippen molar-refractivity contribution >= 4 is 17.6 Å². The van der Waals surface area contributed by atoms with Crippen molar-refractivity contribution in [2.45, 2.75) is 45.2 Å². The molecule has 1 rings (SSSR count). The minimum Gasteiger partial charge on any atom is -0.480 e. The standard InChI is InChI=1S/C12H18N4O5/c1-2-3-4-10(12(18)19)14-11(17)5-6-15-8-9(7-13-15)16(20)21/h7-8,10H,2-6H2,1H3,(H,14,17)(H,18,19). The number of carbonyl (C=O) groups is 2. The van der Waals surface area contributed by atoms with E-state index in [0.717, 1.165) is 12.6 Å². The van der Waals surface area contributed by atoms with Crippen molar-refractivity contribution in [2.75, 3.05) is 0 Å². The van der Waals surface area contributed by atoms with E-state index in [4.69, 9.17) is 5.11 Å². The Morgan fingerprint density at radius 2 is 2.29 bits per heavy atom. The van der Waals surface area contributed by atoms with Crippen molar-refractivity contribution in [3.8, 4) is 0 Å². The topological polar surface area (TPSA) is 127 Å². The molecule has 0 bridgehead atoms. The lowest BCUT2D eigenvalue weighted by Crippen LogP contribution is -2.41. The molecule has 2 N–H and O–H groups in total. The zero-order chi connectivity index (χ0) is 15.8. The number of unbranched alkanes of at least 4 members (excludes halogenated alkanes) is 1. The van der Waals surface area contributed by atoms with Gasteiger partial charge in [-0.2, -0.15) is 5.10 Å². The molecule has 1 aromatic heterocycles. The SMILES string of the molecule is CCCCC(NC(=O)CCn1cc([N+](=O)[O-])cn1)C(=O)O. The highest BCUT2D eigenvalue weighted by molar-refractivity contribution is 5.83. The first-order chi connectivity index (χ1) is 9.93. The predicted octanol–water partition coefficient (Wildman–Crippen LogP) is 0.941. The van der Waals surface area contributed by atoms with Crippen LogP contribution in [-0.2, 0) is 16.1 Å². The summed E-state index contributed by atoms with van der Waals surface area (Å²) in [4.78, 5) is 32.6. The number of carboxylic acid groups (broad SMARTS) is 1. The Kier molecular flexibility index (Phi) is 6.31. The number of nitrogens with zero attached hydrogens (tertiary/aromatic N) is 3. The van der Waals surface area contributed by atoms with E-state index in [-0.39, 0.29) is 18.7 Å². The van der Waals surface area contributed by atoms with Crippen molar-refractivity contribution < 1.29 is 19.6 Å². The Balaban J connectivity index is 2.44. The molecule has 1 amide bonds. The number of nitro groups is 1. The van der Waals surface area contributed by atoms with Gasteiger partial charge in [-0.05, 0) is 6.42 Å². The minimum atomic E-state index is -1.06. The molecule has 1 unspecified atom stereocenters. The highest BCUT2D eigenvalue weighted by atomic mass is 16.6. The van der Waals surface area contributed by atoms with Crippen LogP contribution in [0.4, 0.5) is 5.69 Å². The van der Waals surface area contributed by atoms with Gasteiger partial charge in [-0.1, -0.05) is 19.8 Å². The number of hydrogen-bond donors (Lipinski definition) is 2. The molecule has 0 aliphatic heterocycles. The van der Waals surface area contributed by atoms with Crippen LogP contribution < -0.4 is 5.32 Å². The van der Waals surface area contributed by atoms with E-state index in [9.17, 15) is 19.7 Å². The highest BCUT2D eigenvalue weighted by Crippen LogP contribution is 2.08. The molecule has 0 radical (unpaired) electrons. The van der Waals surface area contributed by atoms with E-state index in [2.05, 4.69) is 10.4 Å². The summed E-state index contributed by atoms with van der Waals surface area (Å²) in [5.74, 6) is -1.48. The quantitative estimate of drug-likeness (QED) is 0.516. The lowest BCUT2D eigenvalue weighted by molar-refractivity contribution is -0.385. The lowest BCUT2D eigenvalue weighted by atomic mass is 10.1. The van der Waals surface area contributed by atoms with Crippen molar-refractivity contribution in [3.05, 3.63) is 22.5 Å². The third kappa shape index (κ3) is 5.59. The van der Waals surface area contributed by atoms with Gasteiger partial charge in [-0.15, -0.1) is 0 Å². The molecule has 9 heteroatoms. The summed E-state index contributed by atoms with van der Waals surface area (Å²) in [7, 11) is 0. The van der Waals surface area contributed by atoms with Gasteiger partial charge in [0, 0.05) is 13.0 Å². The van der Waals surface area contributed by atoms with E-state index >= 15 is 0 Å². The molecule has 1 heterocycles. The predicted molar refractivity (Wildman–Crippen MR) is 72.6 cm³/mol. The number of carboxylic acids is 1. The summed E-state index contributed by atoms with van der Waals surface area (Å²) in [6.07, 6.45) is 4.26. The molecule has 0 aliphatic carbocycles. The zero-order valence-electron chi connectivity index (χ0n) is 11.7. The average molecular weight is 298 g/mol. The first kappa shape index (κ1) is 16.6. The maximum absolute atomic E-state index is 11.7. The number of aromatic nitrogens is 2. The molecule has 0 aromatic carbocycles. The maximum atomic E-state index is 11.7. The number of nitrogens with one attached hydrogen (secondary N) is 1. The van der Waals surface area contributed by atoms with Gasteiger partial charge in [-0.25, -0.2) is 4.79 Å². The normalized spacial score (nSPS) is 11.9. The summed E-state index contributed by atoms with van der Waals surface area (Å²) in [5.41, 5.74) is -0.151. The molecular weight excluding hydrogens is 280 g/mol. The summed E-state index contributed by atoms with van der Waals surface area (Å²) >= 11 is 0. The number of aryl methyl sites for hydroxylation is 1. The summed E-state index contributed by atoms with van der Waals surface area (Å²) in [5, 5.41) is 25.7. The Morgan fingerprint density at radius 1 is 1.57 bits per heavy atom. The van der Waals surface area contributed by atoms with Gasteiger partial charge in [0.1, 0.15) is 18.4 Å². The fourth-order valence-electron chi connectivity index (χ4n) is 1.72. The third-order valence-corrected chi connectivity index (χ3v) is 2.88. The van der Waals surface area contributed by atoms with Crippen LogP contribution in [0.2, 0.25) is 0 Å². The van der Waals surface area contributed by atoms with E-state index < -0.39 is 22.8 Å². The molecule has 0 fully saturated rings. The van der Waals surface area contributed by atoms with Gasteiger partial charge in [0.2, 0.25) is 5.91 Å². The first-order valence-electron chi connectivity index (χ1n) is 6.63. The largest absolute Gasteiger partial charge is 0.480 e. The molecule has 21 heavy (non-hydrogen) atoms. The Morgan fingerprint density at radius 3 is 2.81 bits per heavy atom. The van der Waals surface area contributed by atoms with Crippen LogP contribution >= 0.6 is 0 Å². The Hall–Kier alpha value is -2.45. The summed E-state index contributed by atoms with van der Waals surface area (Å²) in [6, 6.07) is -0.899. The maximum Gasteiger partial charge on any atom is 0.326 e. The second-order valence-electron chi connectivity index (χ2n) is 4.57. The van der Waals surface area contributed by atoms with E-state index in [1.807, 2.05) is 6.92 Å². The van der Waals surface area contributed by atoms with Crippen molar-refractivity contribution in [1.29, 1.82) is 0 Å². The van der Waals surface area contributed by atoms with E-state index in [0.29, 0.717) is 12.8 Å². The van der Waals surface area contributed by atoms with Gasteiger partial charge >= 0.3 is 11.7 Å². The van der Waals surface area contributed by atoms with Gasteiger partial charge in [0.05, 0.1) is 4.92 Å². The summed E-state index contributed by atoms with van der Waals surface area (Å²) in [6.45, 7) is 2.09. The van der Waals surface area contributed by atoms with Crippen LogP contribution in [0.5, 0.6) is 0 Å². The number of hydrogen-bond acceptors (Lipinski definition) is 5. The highest BCUT2D eigenvalue weighted by Gasteiger charge is 2.19. The van der Waals surface area contributed by atoms with Crippen LogP contribution in [0.3, 0.4) is 0 Å². The lowest BCUT2D eigenvalue weighted by Gasteiger charge is -2.13. The van der Waals surface area contributed by atoms with Crippen molar-refractivity contribution in [3.63, 3.8) is 0 Å². The van der Waals surface area contributed by atoms with Crippen LogP contribution in [0.15, 0.2) is 12.4 Å². The van der Waals surface area contributed by atoms with Gasteiger partial charge < -0.3 is 10.4 Å². The summed E-state index contributed by atoms with van der Waals surface area (Å²) < 4.78 is 1.28. The smallest absolute Gasteiger partial charge is 0.326 e. The van der Waals surface area contributed by atoms with E-state index in [1.165, 1.54) is 10.9 Å². The Labute approximate surface area is 121 Å². The van der Waals surface area contributed by atoms with Crippen LogP contribution in [0.25, 0.3) is 0 Å². The number of aliphatic carboxylic acids is 1. The van der Waals surface area contributed by atoms with Gasteiger partial charge in [0.15, 0.2) is 0 Å².